The summed E-state index contributed by atoms with van der Waals surface area (Å²) in [4.78, 5) is 0. The molecule has 0 amide bonds. The van der Waals surface area contributed by atoms with Crippen LogP contribution in [0.3, 0.4) is 0 Å². The minimum absolute atomic E-state index is 0.574. The van der Waals surface area contributed by atoms with E-state index in [4.69, 9.17) is 11.5 Å². The SMILES string of the molecule is Cc1c(N)ccc(N=Nc2ccccc2)c1N. The molecule has 0 saturated carbocycles. The van der Waals surface area contributed by atoms with Crippen molar-refractivity contribution in [2.75, 3.05) is 11.5 Å². The smallest absolute Gasteiger partial charge is 0.109 e. The van der Waals surface area contributed by atoms with Crippen LogP contribution in [0.5, 0.6) is 0 Å². The van der Waals surface area contributed by atoms with E-state index in [0.29, 0.717) is 17.1 Å². The number of rotatable bonds is 2. The third-order valence-electron chi connectivity index (χ3n) is 2.56. The zero-order valence-corrected chi connectivity index (χ0v) is 9.59. The lowest BCUT2D eigenvalue weighted by Crippen LogP contribution is -1.95. The average molecular weight is 226 g/mol. The minimum Gasteiger partial charge on any atom is -0.398 e. The Morgan fingerprint density at radius 2 is 1.59 bits per heavy atom. The highest BCUT2D eigenvalue weighted by atomic mass is 15.1. The van der Waals surface area contributed by atoms with Gasteiger partial charge in [0.15, 0.2) is 0 Å². The molecule has 0 radical (unpaired) electrons. The number of nitrogens with two attached hydrogens (primary N) is 2. The quantitative estimate of drug-likeness (QED) is 0.606. The van der Waals surface area contributed by atoms with Crippen LogP contribution in [0.1, 0.15) is 5.56 Å². The van der Waals surface area contributed by atoms with E-state index in [2.05, 4.69) is 10.2 Å². The Balaban J connectivity index is 2.31. The van der Waals surface area contributed by atoms with E-state index < -0.39 is 0 Å². The molecule has 17 heavy (non-hydrogen) atoms. The summed E-state index contributed by atoms with van der Waals surface area (Å²) in [5.41, 5.74) is 15.2. The fourth-order valence-electron chi connectivity index (χ4n) is 1.42. The van der Waals surface area contributed by atoms with E-state index in [1.807, 2.05) is 37.3 Å². The van der Waals surface area contributed by atoms with E-state index in [9.17, 15) is 0 Å². The predicted molar refractivity (Wildman–Crippen MR) is 70.6 cm³/mol. The molecule has 86 valence electrons. The van der Waals surface area contributed by atoms with E-state index in [1.165, 1.54) is 0 Å². The van der Waals surface area contributed by atoms with Crippen LogP contribution >= 0.6 is 0 Å². The van der Waals surface area contributed by atoms with Crippen molar-refractivity contribution in [3.05, 3.63) is 48.0 Å². The molecular formula is C13H14N4. The van der Waals surface area contributed by atoms with Crippen molar-refractivity contribution >= 4 is 22.7 Å². The van der Waals surface area contributed by atoms with Crippen molar-refractivity contribution in [3.8, 4) is 0 Å². The molecule has 0 bridgehead atoms. The van der Waals surface area contributed by atoms with Gasteiger partial charge in [-0.05, 0) is 36.8 Å². The maximum absolute atomic E-state index is 5.91. The first-order chi connectivity index (χ1) is 8.18. The van der Waals surface area contributed by atoms with Crippen LogP contribution in [0.15, 0.2) is 52.7 Å². The van der Waals surface area contributed by atoms with Gasteiger partial charge in [0.1, 0.15) is 5.69 Å². The number of nitrogens with zero attached hydrogens (tertiary/aromatic N) is 2. The first kappa shape index (κ1) is 11.1. The van der Waals surface area contributed by atoms with E-state index >= 15 is 0 Å². The van der Waals surface area contributed by atoms with Gasteiger partial charge in [-0.2, -0.15) is 5.11 Å². The highest BCUT2D eigenvalue weighted by molar-refractivity contribution is 5.73. The molecule has 4 nitrogen and oxygen atoms in total. The van der Waals surface area contributed by atoms with E-state index in [1.54, 1.807) is 12.1 Å². The third-order valence-corrected chi connectivity index (χ3v) is 2.56. The summed E-state index contributed by atoms with van der Waals surface area (Å²) in [6, 6.07) is 13.1. The molecule has 0 saturated heterocycles. The van der Waals surface area contributed by atoms with Crippen LogP contribution in [0.25, 0.3) is 0 Å². The van der Waals surface area contributed by atoms with Crippen LogP contribution < -0.4 is 11.5 Å². The number of anilines is 2. The van der Waals surface area contributed by atoms with Gasteiger partial charge in [0, 0.05) is 5.69 Å². The second-order valence-electron chi connectivity index (χ2n) is 3.75. The van der Waals surface area contributed by atoms with Gasteiger partial charge in [0.2, 0.25) is 0 Å². The van der Waals surface area contributed by atoms with Crippen LogP contribution in [0, 0.1) is 6.92 Å². The van der Waals surface area contributed by atoms with Gasteiger partial charge in [0.05, 0.1) is 11.4 Å². The summed E-state index contributed by atoms with van der Waals surface area (Å²) >= 11 is 0. The average Bonchev–Trinajstić information content (AvgIpc) is 2.36. The van der Waals surface area contributed by atoms with Gasteiger partial charge in [-0.25, -0.2) is 0 Å². The zero-order chi connectivity index (χ0) is 12.3. The molecule has 0 aromatic heterocycles. The lowest BCUT2D eigenvalue weighted by atomic mass is 10.1. The van der Waals surface area contributed by atoms with Gasteiger partial charge >= 0.3 is 0 Å². The Kier molecular flexibility index (Phi) is 3.05. The molecule has 2 aromatic rings. The Bertz CT molecular complexity index is 547. The molecular weight excluding hydrogens is 212 g/mol. The highest BCUT2D eigenvalue weighted by Gasteiger charge is 2.03. The molecule has 4 heteroatoms. The number of benzene rings is 2. The largest absolute Gasteiger partial charge is 0.398 e. The topological polar surface area (TPSA) is 76.8 Å². The van der Waals surface area contributed by atoms with E-state index in [0.717, 1.165) is 11.3 Å². The van der Waals surface area contributed by atoms with Gasteiger partial charge in [0.25, 0.3) is 0 Å². The number of hydrogen-bond donors (Lipinski definition) is 2. The minimum atomic E-state index is 0.574. The maximum Gasteiger partial charge on any atom is 0.109 e. The molecule has 0 spiro atoms. The van der Waals surface area contributed by atoms with Crippen molar-refractivity contribution in [3.63, 3.8) is 0 Å². The fraction of sp³-hybridized carbons (Fsp3) is 0.0769. The van der Waals surface area contributed by atoms with E-state index in [-0.39, 0.29) is 0 Å². The van der Waals surface area contributed by atoms with Crippen molar-refractivity contribution < 1.29 is 0 Å². The summed E-state index contributed by atoms with van der Waals surface area (Å²) in [6.07, 6.45) is 0. The Hall–Kier alpha value is -2.36. The predicted octanol–water partition coefficient (Wildman–Crippen LogP) is 3.57. The molecule has 0 fully saturated rings. The summed E-state index contributed by atoms with van der Waals surface area (Å²) in [5, 5.41) is 8.23. The second-order valence-corrected chi connectivity index (χ2v) is 3.75. The first-order valence-electron chi connectivity index (χ1n) is 5.30. The second kappa shape index (κ2) is 4.65. The van der Waals surface area contributed by atoms with Crippen molar-refractivity contribution in [2.24, 2.45) is 10.2 Å². The van der Waals surface area contributed by atoms with Crippen molar-refractivity contribution in [2.45, 2.75) is 6.92 Å². The number of azo groups is 1. The summed E-state index contributed by atoms with van der Waals surface area (Å²) < 4.78 is 0. The third kappa shape index (κ3) is 2.42. The molecule has 0 aliphatic carbocycles. The lowest BCUT2D eigenvalue weighted by Gasteiger charge is -2.05. The Morgan fingerprint density at radius 1 is 0.882 bits per heavy atom. The molecule has 0 atom stereocenters. The molecule has 0 aliphatic rings. The van der Waals surface area contributed by atoms with Gasteiger partial charge in [-0.3, -0.25) is 0 Å². The summed E-state index contributed by atoms with van der Waals surface area (Å²) in [7, 11) is 0. The fourth-order valence-corrected chi connectivity index (χ4v) is 1.42. The zero-order valence-electron chi connectivity index (χ0n) is 9.59. The van der Waals surface area contributed by atoms with Crippen LogP contribution in [0.2, 0.25) is 0 Å². The summed E-state index contributed by atoms with van der Waals surface area (Å²) in [5.74, 6) is 0. The highest BCUT2D eigenvalue weighted by Crippen LogP contribution is 2.30. The standard InChI is InChI=1S/C13H14N4/c1-9-11(14)7-8-12(13(9)15)17-16-10-5-3-2-4-6-10/h2-8H,14-15H2,1H3. The molecule has 0 heterocycles. The van der Waals surface area contributed by atoms with Crippen LogP contribution in [-0.4, -0.2) is 0 Å². The number of nitrogen functional groups attached to an aromatic ring is 2. The Labute approximate surface area is 100.0 Å². The molecule has 2 rings (SSSR count). The van der Waals surface area contributed by atoms with Crippen LogP contribution in [0.4, 0.5) is 22.7 Å². The lowest BCUT2D eigenvalue weighted by molar-refractivity contribution is 1.23. The monoisotopic (exact) mass is 226 g/mol. The number of hydrogen-bond acceptors (Lipinski definition) is 4. The van der Waals surface area contributed by atoms with Crippen molar-refractivity contribution in [1.82, 2.24) is 0 Å². The van der Waals surface area contributed by atoms with Crippen LogP contribution in [-0.2, 0) is 0 Å². The first-order valence-corrected chi connectivity index (χ1v) is 5.30. The molecule has 0 aliphatic heterocycles. The Morgan fingerprint density at radius 3 is 2.29 bits per heavy atom. The maximum atomic E-state index is 5.91. The van der Waals surface area contributed by atoms with Gasteiger partial charge < -0.3 is 11.5 Å². The van der Waals surface area contributed by atoms with Gasteiger partial charge in [-0.15, -0.1) is 5.11 Å². The summed E-state index contributed by atoms with van der Waals surface area (Å²) in [6.45, 7) is 1.87. The normalized spacial score (nSPS) is 10.9. The molecule has 2 aromatic carbocycles. The molecule has 0 unspecified atom stereocenters. The van der Waals surface area contributed by atoms with Crippen molar-refractivity contribution in [1.29, 1.82) is 0 Å². The molecule has 4 N–H and O–H groups in total. The van der Waals surface area contributed by atoms with Gasteiger partial charge in [-0.1, -0.05) is 18.2 Å².